The van der Waals surface area contributed by atoms with E-state index in [1.165, 1.54) is 50.5 Å². The quantitative estimate of drug-likeness (QED) is 0.0298. The van der Waals surface area contributed by atoms with E-state index in [4.69, 9.17) is 9.47 Å². The highest BCUT2D eigenvalue weighted by Gasteiger charge is 2.76. The number of rotatable bonds is 20. The molecule has 0 amide bonds. The Labute approximate surface area is 752 Å². The number of carbonyl (C=O) groups is 2. The second-order valence-corrected chi connectivity index (χ2v) is 47.3. The normalized spacial score (nSPS) is 29.4. The minimum Gasteiger partial charge on any atom is -0.743 e. The molecule has 14 aliphatic carbocycles. The van der Waals surface area contributed by atoms with Crippen LogP contribution in [0.3, 0.4) is 0 Å². The average Bonchev–Trinajstić information content (AvgIpc) is 1.52. The molecule has 9 aromatic rings. The Kier molecular flexibility index (Phi) is 27.7. The molecule has 15 fully saturated rings. The molecule has 1 saturated heterocycles. The molecule has 1 aliphatic heterocycles. The predicted octanol–water partition coefficient (Wildman–Crippen LogP) is 21.5. The topological polar surface area (TPSA) is 243 Å². The minimum absolute atomic E-state index is 0.0146. The summed E-state index contributed by atoms with van der Waals surface area (Å²) in [6.07, 6.45) is 15.1. The highest BCUT2D eigenvalue weighted by atomic mass is 32.2. The van der Waals surface area contributed by atoms with Gasteiger partial charge in [-0.05, 0) is 290 Å². The number of halogens is 8. The lowest BCUT2D eigenvalue weighted by Gasteiger charge is -2.58. The minimum atomic E-state index is -6.48. The lowest BCUT2D eigenvalue weighted by atomic mass is 9.49. The highest BCUT2D eigenvalue weighted by molar-refractivity contribution is 7.97. The van der Waals surface area contributed by atoms with E-state index in [1.807, 2.05) is 0 Å². The first-order chi connectivity index (χ1) is 61.0. The Balaban J connectivity index is 0.000000114. The molecule has 0 radical (unpaired) electrons. The number of benzene rings is 9. The Morgan fingerprint density at radius 1 is 0.352 bits per heavy atom. The van der Waals surface area contributed by atoms with E-state index in [0.29, 0.717) is 66.6 Å². The molecule has 0 aromatic heterocycles. The van der Waals surface area contributed by atoms with Crippen LogP contribution >= 0.6 is 0 Å². The Hall–Kier alpha value is -7.94. The number of hydrogen-bond acceptors (Lipinski definition) is 15. The molecule has 15 nitrogen and oxygen atoms in total. The standard InChI is InChI=1S/C19H24F4O5S.3C18H15S.2C13H18F2O5S/c20-18(21,19(22,23)29(24,25)26)14-7-10-6-13(14)16-15(10)27-17(28-16)11-2-8-1-9(4-11)5-12(17)3-8;3*1-4-10-16(11-5-1)19(17-12-6-2-7-13-17)18-14-8-3-9-15-18;14-13(15,21(17,18)19)7-20-11(16)12-4-8-1-9(5-12)3-10(2-8)6-12;14-13(15,21(17,18)19)11(16)20-7-12-4-8-1-9(5-12)3-10(2-8)6-12/h8-16H,1-7H2,(H,24,25,26);3*1-15H;2*8-10H,1-7H2,(H,17,18,19)/q;3*+1;;/p-3. The van der Waals surface area contributed by atoms with Crippen LogP contribution in [0, 0.1) is 87.8 Å². The molecule has 0 N–H and O–H groups in total. The van der Waals surface area contributed by atoms with Gasteiger partial charge in [-0.25, -0.2) is 30.0 Å². The summed E-state index contributed by atoms with van der Waals surface area (Å²) in [7, 11) is -18.4. The van der Waals surface area contributed by atoms with Crippen molar-refractivity contribution < 1.29 is 103 Å². The maximum Gasteiger partial charge on any atom is 0.428 e. The number of carbonyl (C=O) groups excluding carboxylic acids is 2. The van der Waals surface area contributed by atoms with Gasteiger partial charge in [0.1, 0.15) is 0 Å². The van der Waals surface area contributed by atoms with Crippen LogP contribution in [-0.4, -0.2) is 104 Å². The fourth-order valence-corrected chi connectivity index (χ4v) is 31.2. The third-order valence-electron chi connectivity index (χ3n) is 28.2. The van der Waals surface area contributed by atoms with Crippen LogP contribution in [-0.2, 0) is 91.6 Å². The lowest BCUT2D eigenvalue weighted by molar-refractivity contribution is -0.304. The van der Waals surface area contributed by atoms with Gasteiger partial charge in [-0.1, -0.05) is 164 Å². The molecule has 14 saturated carbocycles. The van der Waals surface area contributed by atoms with Crippen LogP contribution in [0.4, 0.5) is 35.1 Å². The molecule has 128 heavy (non-hydrogen) atoms. The largest absolute Gasteiger partial charge is 0.743 e. The van der Waals surface area contributed by atoms with Crippen LogP contribution in [0.1, 0.15) is 122 Å². The number of ether oxygens (including phenoxy) is 4. The van der Waals surface area contributed by atoms with E-state index in [-0.39, 0.29) is 75.3 Å². The zero-order valence-electron chi connectivity index (χ0n) is 70.1. The maximum absolute atomic E-state index is 14.6. The third kappa shape index (κ3) is 19.8. The summed E-state index contributed by atoms with van der Waals surface area (Å²) in [5, 5.41) is -15.2. The molecule has 1 spiro atoms. The zero-order chi connectivity index (χ0) is 90.2. The maximum atomic E-state index is 14.6. The molecule has 5 unspecified atom stereocenters. The zero-order valence-corrected chi connectivity index (χ0v) is 75.0. The second-order valence-electron chi connectivity index (χ2n) is 36.9. The van der Waals surface area contributed by atoms with Gasteiger partial charge in [0.25, 0.3) is 0 Å². The van der Waals surface area contributed by atoms with Crippen LogP contribution < -0.4 is 0 Å². The summed E-state index contributed by atoms with van der Waals surface area (Å²) < 4.78 is 226. The van der Waals surface area contributed by atoms with Gasteiger partial charge < -0.3 is 32.6 Å². The van der Waals surface area contributed by atoms with Crippen LogP contribution in [0.25, 0.3) is 0 Å². The van der Waals surface area contributed by atoms with Crippen molar-refractivity contribution in [2.24, 2.45) is 87.8 Å². The first kappa shape index (κ1) is 93.3. The van der Waals surface area contributed by atoms with Crippen molar-refractivity contribution in [1.29, 1.82) is 0 Å². The molecule has 24 rings (SSSR count). The fourth-order valence-electron chi connectivity index (χ4n) is 23.9. The van der Waals surface area contributed by atoms with E-state index in [1.54, 1.807) is 0 Å². The molecular weight excluding hydrogens is 1770 g/mol. The average molecular weight is 1880 g/mol. The molecule has 29 heteroatoms. The summed E-state index contributed by atoms with van der Waals surface area (Å²) in [5.41, 5.74) is -1.04. The predicted molar refractivity (Wildman–Crippen MR) is 466 cm³/mol. The van der Waals surface area contributed by atoms with E-state index in [2.05, 4.69) is 282 Å². The van der Waals surface area contributed by atoms with Gasteiger partial charge in [0.2, 0.25) is 0 Å². The van der Waals surface area contributed by atoms with Crippen molar-refractivity contribution >= 4 is 75.0 Å². The monoisotopic (exact) mass is 1870 g/mol. The van der Waals surface area contributed by atoms with Gasteiger partial charge >= 0.3 is 33.6 Å². The highest BCUT2D eigenvalue weighted by Crippen LogP contribution is 2.69. The number of esters is 2. The van der Waals surface area contributed by atoms with E-state index >= 15 is 0 Å². The van der Waals surface area contributed by atoms with Gasteiger partial charge in [-0.3, -0.25) is 4.79 Å². The molecule has 15 aliphatic rings. The van der Waals surface area contributed by atoms with Crippen molar-refractivity contribution in [3.8, 4) is 0 Å². The van der Waals surface area contributed by atoms with E-state index in [0.717, 1.165) is 83.5 Å². The molecule has 9 aromatic carbocycles. The number of fused-ring (bicyclic) bond motifs is 5. The van der Waals surface area contributed by atoms with Crippen molar-refractivity contribution in [2.75, 3.05) is 13.2 Å². The first-order valence-electron chi connectivity index (χ1n) is 43.8. The molecular formula is C99H102F8O15S6. The Morgan fingerprint density at radius 3 is 0.914 bits per heavy atom. The van der Waals surface area contributed by atoms with Crippen molar-refractivity contribution in [3.63, 3.8) is 0 Å². The third-order valence-corrected chi connectivity index (χ3v) is 37.4. The fraction of sp³-hybridized carbons (Fsp3) is 0.434. The summed E-state index contributed by atoms with van der Waals surface area (Å²) in [6, 6.07) is 96.5. The number of alkyl halides is 8. The molecule has 14 bridgehead atoms. The van der Waals surface area contributed by atoms with Crippen molar-refractivity contribution in [1.82, 2.24) is 0 Å². The van der Waals surface area contributed by atoms with Crippen LogP contribution in [0.5, 0.6) is 0 Å². The van der Waals surface area contributed by atoms with Crippen LogP contribution in [0.15, 0.2) is 317 Å². The Morgan fingerprint density at radius 2 is 0.633 bits per heavy atom. The van der Waals surface area contributed by atoms with Crippen molar-refractivity contribution in [3.05, 3.63) is 273 Å². The second kappa shape index (κ2) is 38.0. The Bertz CT molecular complexity index is 4960. The van der Waals surface area contributed by atoms with Crippen LogP contribution in [0.2, 0.25) is 0 Å². The first-order valence-corrected chi connectivity index (χ1v) is 51.7. The summed E-state index contributed by atoms with van der Waals surface area (Å²) in [4.78, 5) is 35.7. The lowest BCUT2D eigenvalue weighted by Crippen LogP contribution is -2.59. The molecule has 5 atom stereocenters. The molecule has 680 valence electrons. The SMILES string of the molecule is O=C(OCC(F)(F)S(=O)(=O)[O-])C12CC3CC(CC(C3)C1)C2.O=C(OCC12CC3CC(CC(C3)C1)C2)C(F)(F)S(=O)(=O)[O-].O=S(=O)([O-])C(F)(F)C(F)(F)C1CC2CC1C1OC3(OC21)C1CC2CC(C1)CC3C2.c1ccc([S+](c2ccccc2)c2ccccc2)cc1.c1ccc([S+](c2ccccc2)c2ccccc2)cc1.c1ccc([S+](c2ccccc2)c2ccccc2)cc1. The smallest absolute Gasteiger partial charge is 0.428 e. The summed E-state index contributed by atoms with van der Waals surface area (Å²) in [5.74, 6) is -7.21. The van der Waals surface area contributed by atoms with Crippen molar-refractivity contribution in [2.45, 2.75) is 206 Å². The van der Waals surface area contributed by atoms with Gasteiger partial charge in [-0.2, -0.15) is 35.1 Å². The number of hydrogen-bond donors (Lipinski definition) is 0. The van der Waals surface area contributed by atoms with E-state index < -0.39 is 106 Å². The summed E-state index contributed by atoms with van der Waals surface area (Å²) in [6.45, 7) is -1.89. The van der Waals surface area contributed by atoms with E-state index in [9.17, 15) is 83.6 Å². The molecule has 1 heterocycles. The summed E-state index contributed by atoms with van der Waals surface area (Å²) >= 11 is 0. The van der Waals surface area contributed by atoms with Gasteiger partial charge in [0.15, 0.2) is 86.8 Å². The van der Waals surface area contributed by atoms with Gasteiger partial charge in [0, 0.05) is 23.2 Å². The van der Waals surface area contributed by atoms with Gasteiger partial charge in [-0.15, -0.1) is 0 Å². The van der Waals surface area contributed by atoms with Gasteiger partial charge in [0.05, 0.1) is 56.9 Å².